The molecular weight excluding hydrogens is 210 g/mol. The second-order valence-corrected chi connectivity index (χ2v) is 4.50. The molecule has 17 heavy (non-hydrogen) atoms. The maximum atomic E-state index is 8.92. The lowest BCUT2D eigenvalue weighted by atomic mass is 10.1. The van der Waals surface area contributed by atoms with Crippen LogP contribution in [0.1, 0.15) is 37.3 Å². The van der Waals surface area contributed by atoms with Gasteiger partial charge in [0, 0.05) is 13.1 Å². The topological polar surface area (TPSA) is 39.1 Å². The van der Waals surface area contributed by atoms with Crippen molar-refractivity contribution in [3.8, 4) is 6.07 Å². The van der Waals surface area contributed by atoms with Gasteiger partial charge in [0.25, 0.3) is 0 Å². The highest BCUT2D eigenvalue weighted by atomic mass is 15.5. The largest absolute Gasteiger partial charge is 0.247 e. The van der Waals surface area contributed by atoms with E-state index in [1.807, 2.05) is 18.2 Å². The van der Waals surface area contributed by atoms with Crippen molar-refractivity contribution in [3.63, 3.8) is 0 Å². The molecule has 1 heterocycles. The lowest BCUT2D eigenvalue weighted by molar-refractivity contribution is 0.129. The lowest BCUT2D eigenvalue weighted by Gasteiger charge is -2.31. The maximum absolute atomic E-state index is 8.92. The Morgan fingerprint density at radius 3 is 2.53 bits per heavy atom. The van der Waals surface area contributed by atoms with E-state index in [9.17, 15) is 0 Å². The van der Waals surface area contributed by atoms with Crippen LogP contribution in [0.4, 0.5) is 0 Å². The first kappa shape index (κ1) is 12.1. The monoisotopic (exact) mass is 229 g/mol. The van der Waals surface area contributed by atoms with Crippen molar-refractivity contribution in [2.75, 3.05) is 13.1 Å². The number of rotatable bonds is 4. The minimum atomic E-state index is 0.124. The molecule has 0 bridgehead atoms. The number of piperidine rings is 1. The summed E-state index contributed by atoms with van der Waals surface area (Å²) in [5.74, 6) is 0. The van der Waals surface area contributed by atoms with Gasteiger partial charge in [-0.15, -0.1) is 0 Å². The second-order valence-electron chi connectivity index (χ2n) is 4.50. The molecule has 2 rings (SSSR count). The minimum Gasteiger partial charge on any atom is -0.247 e. The third-order valence-corrected chi connectivity index (χ3v) is 3.19. The Kier molecular flexibility index (Phi) is 4.54. The normalized spacial score (nSPS) is 18.5. The van der Waals surface area contributed by atoms with E-state index in [0.717, 1.165) is 13.1 Å². The summed E-state index contributed by atoms with van der Waals surface area (Å²) in [6.07, 6.45) is 4.34. The molecule has 1 atom stereocenters. The highest BCUT2D eigenvalue weighted by molar-refractivity contribution is 5.19. The number of benzene rings is 1. The summed E-state index contributed by atoms with van der Waals surface area (Å²) in [5, 5.41) is 11.2. The van der Waals surface area contributed by atoms with Gasteiger partial charge in [0.15, 0.2) is 0 Å². The van der Waals surface area contributed by atoms with Gasteiger partial charge in [-0.1, -0.05) is 36.8 Å². The summed E-state index contributed by atoms with van der Waals surface area (Å²) >= 11 is 0. The summed E-state index contributed by atoms with van der Waals surface area (Å²) in [6, 6.07) is 12.6. The van der Waals surface area contributed by atoms with Gasteiger partial charge in [0.1, 0.15) is 0 Å². The number of hydrazine groups is 1. The van der Waals surface area contributed by atoms with Crippen LogP contribution in [0.25, 0.3) is 0 Å². The zero-order valence-electron chi connectivity index (χ0n) is 10.1. The average molecular weight is 229 g/mol. The molecule has 1 unspecified atom stereocenters. The molecule has 1 aliphatic heterocycles. The van der Waals surface area contributed by atoms with Crippen molar-refractivity contribution in [3.05, 3.63) is 35.9 Å². The van der Waals surface area contributed by atoms with Crippen LogP contribution < -0.4 is 5.43 Å². The van der Waals surface area contributed by atoms with Crippen molar-refractivity contribution >= 4 is 0 Å². The van der Waals surface area contributed by atoms with E-state index < -0.39 is 0 Å². The minimum absolute atomic E-state index is 0.124. The van der Waals surface area contributed by atoms with E-state index in [1.165, 1.54) is 24.8 Å². The van der Waals surface area contributed by atoms with Gasteiger partial charge in [-0.25, -0.2) is 10.4 Å². The van der Waals surface area contributed by atoms with Gasteiger partial charge in [0.05, 0.1) is 18.5 Å². The standard InChI is InChI=1S/C14H19N3/c15-10-9-14(13-7-3-1-4-8-13)16-17-11-5-2-6-12-17/h1,3-4,7-8,14,16H,2,5-6,9,11-12H2. The number of hydrogen-bond acceptors (Lipinski definition) is 3. The molecule has 3 nitrogen and oxygen atoms in total. The van der Waals surface area contributed by atoms with Crippen LogP contribution in [0, 0.1) is 11.3 Å². The fraction of sp³-hybridized carbons (Fsp3) is 0.500. The van der Waals surface area contributed by atoms with Crippen molar-refractivity contribution in [2.45, 2.75) is 31.7 Å². The molecule has 1 aromatic carbocycles. The fourth-order valence-corrected chi connectivity index (χ4v) is 2.26. The molecule has 90 valence electrons. The molecule has 1 N–H and O–H groups in total. The van der Waals surface area contributed by atoms with E-state index in [2.05, 4.69) is 28.6 Å². The van der Waals surface area contributed by atoms with Gasteiger partial charge in [-0.05, 0) is 18.4 Å². The third-order valence-electron chi connectivity index (χ3n) is 3.19. The van der Waals surface area contributed by atoms with Gasteiger partial charge in [-0.3, -0.25) is 0 Å². The summed E-state index contributed by atoms with van der Waals surface area (Å²) in [6.45, 7) is 2.18. The molecule has 0 saturated carbocycles. The predicted molar refractivity (Wildman–Crippen MR) is 68.0 cm³/mol. The Morgan fingerprint density at radius 2 is 1.88 bits per heavy atom. The van der Waals surface area contributed by atoms with Gasteiger partial charge < -0.3 is 0 Å². The number of nitrogens with zero attached hydrogens (tertiary/aromatic N) is 2. The smallest absolute Gasteiger partial charge is 0.0642 e. The summed E-state index contributed by atoms with van der Waals surface area (Å²) in [4.78, 5) is 0. The van der Waals surface area contributed by atoms with E-state index in [0.29, 0.717) is 6.42 Å². The Morgan fingerprint density at radius 1 is 1.18 bits per heavy atom. The van der Waals surface area contributed by atoms with E-state index in [-0.39, 0.29) is 6.04 Å². The summed E-state index contributed by atoms with van der Waals surface area (Å²) in [7, 11) is 0. The van der Waals surface area contributed by atoms with Crippen LogP contribution in [0.15, 0.2) is 30.3 Å². The molecule has 1 saturated heterocycles. The first-order valence-corrected chi connectivity index (χ1v) is 6.33. The molecule has 3 heteroatoms. The highest BCUT2D eigenvalue weighted by Crippen LogP contribution is 2.18. The van der Waals surface area contributed by atoms with Crippen LogP contribution in [0.5, 0.6) is 0 Å². The summed E-state index contributed by atoms with van der Waals surface area (Å²) < 4.78 is 0. The molecule has 0 aromatic heterocycles. The van der Waals surface area contributed by atoms with Crippen LogP contribution in [-0.2, 0) is 0 Å². The summed E-state index contributed by atoms with van der Waals surface area (Å²) in [5.41, 5.74) is 4.68. The van der Waals surface area contributed by atoms with Crippen LogP contribution in [0.3, 0.4) is 0 Å². The predicted octanol–water partition coefficient (Wildman–Crippen LogP) is 2.63. The molecule has 0 aliphatic carbocycles. The van der Waals surface area contributed by atoms with E-state index in [4.69, 9.17) is 5.26 Å². The lowest BCUT2D eigenvalue weighted by Crippen LogP contribution is -2.43. The van der Waals surface area contributed by atoms with Crippen LogP contribution in [-0.4, -0.2) is 18.1 Å². The van der Waals surface area contributed by atoms with E-state index in [1.54, 1.807) is 0 Å². The van der Waals surface area contributed by atoms with Crippen molar-refractivity contribution in [1.82, 2.24) is 10.4 Å². The molecule has 1 aromatic rings. The van der Waals surface area contributed by atoms with Gasteiger partial charge in [-0.2, -0.15) is 5.26 Å². The van der Waals surface area contributed by atoms with Gasteiger partial charge in [0.2, 0.25) is 0 Å². The molecule has 1 aliphatic rings. The zero-order chi connectivity index (χ0) is 11.9. The van der Waals surface area contributed by atoms with Crippen molar-refractivity contribution in [1.29, 1.82) is 5.26 Å². The third kappa shape index (κ3) is 3.55. The first-order chi connectivity index (χ1) is 8.40. The average Bonchev–Trinajstić information content (AvgIpc) is 2.40. The highest BCUT2D eigenvalue weighted by Gasteiger charge is 2.16. The second kappa shape index (κ2) is 6.39. The Bertz CT molecular complexity index is 363. The molecule has 1 fully saturated rings. The number of hydrogen-bond donors (Lipinski definition) is 1. The Hall–Kier alpha value is -1.37. The quantitative estimate of drug-likeness (QED) is 0.862. The molecular formula is C14H19N3. The maximum Gasteiger partial charge on any atom is 0.0642 e. The SMILES string of the molecule is N#CCC(NN1CCCCC1)c1ccccc1. The van der Waals surface area contributed by atoms with Crippen molar-refractivity contribution in [2.24, 2.45) is 0 Å². The number of nitrogens with one attached hydrogen (secondary N) is 1. The zero-order valence-corrected chi connectivity index (χ0v) is 10.1. The fourth-order valence-electron chi connectivity index (χ4n) is 2.26. The molecule has 0 radical (unpaired) electrons. The van der Waals surface area contributed by atoms with Crippen molar-refractivity contribution < 1.29 is 0 Å². The van der Waals surface area contributed by atoms with Crippen LogP contribution >= 0.6 is 0 Å². The molecule has 0 amide bonds. The molecule has 0 spiro atoms. The Balaban J connectivity index is 1.99. The Labute approximate surface area is 103 Å². The van der Waals surface area contributed by atoms with E-state index >= 15 is 0 Å². The van der Waals surface area contributed by atoms with Gasteiger partial charge >= 0.3 is 0 Å². The number of nitriles is 1. The van der Waals surface area contributed by atoms with Crippen LogP contribution in [0.2, 0.25) is 0 Å². The first-order valence-electron chi connectivity index (χ1n) is 6.33.